The average Bonchev–Trinajstić information content (AvgIpc) is 2.46. The molecule has 2 amide bonds. The Morgan fingerprint density at radius 3 is 2.38 bits per heavy atom. The van der Waals surface area contributed by atoms with Crippen LogP contribution in [0.1, 0.15) is 18.9 Å². The number of urea groups is 1. The number of amides is 2. The number of carbonyl (C=O) groups excluding carboxylic acids is 1. The summed E-state index contributed by atoms with van der Waals surface area (Å²) >= 11 is 0. The summed E-state index contributed by atoms with van der Waals surface area (Å²) in [6.07, 6.45) is 0.217. The van der Waals surface area contributed by atoms with Crippen molar-refractivity contribution >= 4 is 17.7 Å². The maximum Gasteiger partial charge on any atom is 0.325 e. The lowest BCUT2D eigenvalue weighted by atomic mass is 10.2. The number of aryl methyl sites for hydroxylation is 1. The molecular formula is C15H19N3O3. The molecule has 0 aliphatic rings. The Morgan fingerprint density at radius 2 is 1.90 bits per heavy atom. The summed E-state index contributed by atoms with van der Waals surface area (Å²) < 4.78 is 0. The second-order valence-electron chi connectivity index (χ2n) is 4.59. The minimum atomic E-state index is -1.08. The van der Waals surface area contributed by atoms with Crippen molar-refractivity contribution in [2.45, 2.75) is 20.3 Å². The van der Waals surface area contributed by atoms with Crippen LogP contribution in [-0.2, 0) is 4.79 Å². The molecule has 1 aromatic carbocycles. The van der Waals surface area contributed by atoms with Gasteiger partial charge in [0.15, 0.2) is 0 Å². The fourth-order valence-electron chi connectivity index (χ4n) is 1.87. The monoisotopic (exact) mass is 289 g/mol. The van der Waals surface area contributed by atoms with Gasteiger partial charge >= 0.3 is 12.0 Å². The smallest absolute Gasteiger partial charge is 0.325 e. The Hall–Kier alpha value is -2.55. The molecule has 0 saturated carbocycles. The summed E-state index contributed by atoms with van der Waals surface area (Å²) in [6, 6.07) is 8.66. The summed E-state index contributed by atoms with van der Waals surface area (Å²) in [5, 5.41) is 17.6. The van der Waals surface area contributed by atoms with Gasteiger partial charge in [0.1, 0.15) is 6.54 Å². The molecule has 0 atom stereocenters. The van der Waals surface area contributed by atoms with Gasteiger partial charge in [-0.05, 0) is 26.0 Å². The molecule has 112 valence electrons. The number of carbonyl (C=O) groups is 2. The zero-order valence-corrected chi connectivity index (χ0v) is 12.2. The predicted octanol–water partition coefficient (Wildman–Crippen LogP) is 2.24. The average molecular weight is 289 g/mol. The van der Waals surface area contributed by atoms with E-state index in [1.165, 1.54) is 9.80 Å². The molecule has 0 aromatic heterocycles. The Bertz CT molecular complexity index is 534. The molecule has 1 rings (SSSR count). The number of benzene rings is 1. The zero-order chi connectivity index (χ0) is 15.8. The number of hydrogen-bond donors (Lipinski definition) is 1. The van der Waals surface area contributed by atoms with Gasteiger partial charge in [0.05, 0.1) is 12.5 Å². The first kappa shape index (κ1) is 16.5. The highest BCUT2D eigenvalue weighted by atomic mass is 16.4. The van der Waals surface area contributed by atoms with Gasteiger partial charge in [0, 0.05) is 18.8 Å². The summed E-state index contributed by atoms with van der Waals surface area (Å²) in [7, 11) is 0. The van der Waals surface area contributed by atoms with E-state index in [9.17, 15) is 9.59 Å². The second kappa shape index (κ2) is 7.90. The van der Waals surface area contributed by atoms with E-state index in [-0.39, 0.29) is 13.0 Å². The number of rotatable bonds is 6. The molecule has 0 saturated heterocycles. The van der Waals surface area contributed by atoms with Crippen molar-refractivity contribution < 1.29 is 14.7 Å². The van der Waals surface area contributed by atoms with Crippen LogP contribution in [0.2, 0.25) is 0 Å². The van der Waals surface area contributed by atoms with Gasteiger partial charge in [-0.2, -0.15) is 5.26 Å². The van der Waals surface area contributed by atoms with E-state index in [1.54, 1.807) is 19.1 Å². The van der Waals surface area contributed by atoms with E-state index in [0.717, 1.165) is 5.56 Å². The third-order valence-electron chi connectivity index (χ3n) is 3.02. The van der Waals surface area contributed by atoms with Gasteiger partial charge in [-0.25, -0.2) is 4.79 Å². The minimum Gasteiger partial charge on any atom is -0.480 e. The highest BCUT2D eigenvalue weighted by Crippen LogP contribution is 2.17. The minimum absolute atomic E-state index is 0.217. The topological polar surface area (TPSA) is 84.6 Å². The van der Waals surface area contributed by atoms with Gasteiger partial charge in [-0.15, -0.1) is 0 Å². The number of nitrogens with zero attached hydrogens (tertiary/aromatic N) is 3. The summed E-state index contributed by atoms with van der Waals surface area (Å²) in [5.41, 5.74) is 1.56. The van der Waals surface area contributed by atoms with E-state index in [1.807, 2.05) is 25.1 Å². The maximum atomic E-state index is 12.5. The van der Waals surface area contributed by atoms with Crippen molar-refractivity contribution in [1.29, 1.82) is 5.26 Å². The predicted molar refractivity (Wildman–Crippen MR) is 79.0 cm³/mol. The van der Waals surface area contributed by atoms with Gasteiger partial charge in [0.2, 0.25) is 0 Å². The fourth-order valence-corrected chi connectivity index (χ4v) is 1.87. The quantitative estimate of drug-likeness (QED) is 0.870. The molecule has 6 nitrogen and oxygen atoms in total. The highest BCUT2D eigenvalue weighted by Gasteiger charge is 2.23. The Balaban J connectivity index is 3.00. The van der Waals surface area contributed by atoms with E-state index >= 15 is 0 Å². The first-order chi connectivity index (χ1) is 9.99. The molecule has 0 radical (unpaired) electrons. The molecule has 0 spiro atoms. The van der Waals surface area contributed by atoms with Crippen LogP contribution in [0.5, 0.6) is 0 Å². The highest BCUT2D eigenvalue weighted by molar-refractivity contribution is 5.96. The molecule has 0 bridgehead atoms. The van der Waals surface area contributed by atoms with Crippen molar-refractivity contribution in [2.75, 3.05) is 24.5 Å². The van der Waals surface area contributed by atoms with Crippen LogP contribution in [0.25, 0.3) is 0 Å². The molecule has 0 aliphatic carbocycles. The zero-order valence-electron chi connectivity index (χ0n) is 12.2. The van der Waals surface area contributed by atoms with Crippen molar-refractivity contribution in [3.8, 4) is 6.07 Å². The Morgan fingerprint density at radius 1 is 1.29 bits per heavy atom. The van der Waals surface area contributed by atoms with Crippen molar-refractivity contribution in [3.05, 3.63) is 29.8 Å². The third-order valence-corrected chi connectivity index (χ3v) is 3.02. The van der Waals surface area contributed by atoms with Crippen LogP contribution in [0.3, 0.4) is 0 Å². The van der Waals surface area contributed by atoms with Crippen molar-refractivity contribution in [3.63, 3.8) is 0 Å². The van der Waals surface area contributed by atoms with Crippen LogP contribution in [0.15, 0.2) is 24.3 Å². The molecule has 21 heavy (non-hydrogen) atoms. The van der Waals surface area contributed by atoms with E-state index in [0.29, 0.717) is 12.2 Å². The van der Waals surface area contributed by atoms with E-state index < -0.39 is 18.5 Å². The van der Waals surface area contributed by atoms with Crippen LogP contribution in [-0.4, -0.2) is 41.6 Å². The Labute approximate surface area is 124 Å². The molecule has 0 aliphatic heterocycles. The van der Waals surface area contributed by atoms with E-state index in [4.69, 9.17) is 10.4 Å². The number of carboxylic acids is 1. The molecule has 0 fully saturated rings. The van der Waals surface area contributed by atoms with Gasteiger partial charge < -0.3 is 10.0 Å². The van der Waals surface area contributed by atoms with Crippen LogP contribution >= 0.6 is 0 Å². The van der Waals surface area contributed by atoms with Crippen LogP contribution < -0.4 is 4.90 Å². The second-order valence-corrected chi connectivity index (χ2v) is 4.59. The van der Waals surface area contributed by atoms with Gasteiger partial charge in [-0.1, -0.05) is 17.7 Å². The largest absolute Gasteiger partial charge is 0.480 e. The van der Waals surface area contributed by atoms with Gasteiger partial charge in [0.25, 0.3) is 0 Å². The Kier molecular flexibility index (Phi) is 6.21. The number of anilines is 1. The van der Waals surface area contributed by atoms with Crippen LogP contribution in [0, 0.1) is 18.3 Å². The number of carboxylic acid groups (broad SMARTS) is 1. The molecule has 6 heteroatoms. The van der Waals surface area contributed by atoms with E-state index in [2.05, 4.69) is 0 Å². The first-order valence-electron chi connectivity index (χ1n) is 6.71. The molecule has 1 N–H and O–H groups in total. The fraction of sp³-hybridized carbons (Fsp3) is 0.400. The number of hydrogen-bond acceptors (Lipinski definition) is 3. The summed E-state index contributed by atoms with van der Waals surface area (Å²) in [6.45, 7) is 4.00. The molecular weight excluding hydrogens is 270 g/mol. The number of aliphatic carboxylic acids is 1. The van der Waals surface area contributed by atoms with Gasteiger partial charge in [-0.3, -0.25) is 9.69 Å². The van der Waals surface area contributed by atoms with Crippen molar-refractivity contribution in [2.24, 2.45) is 0 Å². The lowest BCUT2D eigenvalue weighted by Crippen LogP contribution is -2.46. The third kappa shape index (κ3) is 4.80. The number of nitriles is 1. The molecule has 0 unspecified atom stereocenters. The normalized spacial score (nSPS) is 9.76. The maximum absolute atomic E-state index is 12.5. The molecule has 0 heterocycles. The van der Waals surface area contributed by atoms with Crippen LogP contribution in [0.4, 0.5) is 10.5 Å². The summed E-state index contributed by atoms with van der Waals surface area (Å²) in [4.78, 5) is 26.2. The lowest BCUT2D eigenvalue weighted by molar-refractivity contribution is -0.135. The lowest BCUT2D eigenvalue weighted by Gasteiger charge is -2.28. The molecule has 1 aromatic rings. The van der Waals surface area contributed by atoms with Crippen molar-refractivity contribution in [1.82, 2.24) is 4.90 Å². The SMILES string of the molecule is CCN(CCC#N)C(=O)N(CC(=O)O)c1ccc(C)cc1. The summed E-state index contributed by atoms with van der Waals surface area (Å²) in [5.74, 6) is -1.08. The first-order valence-corrected chi connectivity index (χ1v) is 6.71. The standard InChI is InChI=1S/C15H19N3O3/c1-3-17(10-4-9-16)15(21)18(11-14(19)20)13-7-5-12(2)6-8-13/h5-8H,3-4,10-11H2,1-2H3,(H,19,20).